The van der Waals surface area contributed by atoms with Crippen molar-refractivity contribution in [1.29, 1.82) is 0 Å². The molecule has 8 heteroatoms. The van der Waals surface area contributed by atoms with Crippen molar-refractivity contribution in [2.45, 2.75) is 43.9 Å². The van der Waals surface area contributed by atoms with Gasteiger partial charge in [-0.25, -0.2) is 4.79 Å². The Bertz CT molecular complexity index is 337. The molecule has 0 heterocycles. The number of urea groups is 1. The average Bonchev–Trinajstić information content (AvgIpc) is 2.30. The van der Waals surface area contributed by atoms with Crippen molar-refractivity contribution in [3.8, 4) is 0 Å². The minimum Gasteiger partial charge on any atom is -0.346 e. The van der Waals surface area contributed by atoms with Crippen LogP contribution in [0.3, 0.4) is 0 Å². The zero-order chi connectivity index (χ0) is 14.6. The van der Waals surface area contributed by atoms with Gasteiger partial charge in [-0.2, -0.15) is 13.2 Å². The molecule has 0 unspecified atom stereocenters. The first-order valence-electron chi connectivity index (χ1n) is 6.05. The van der Waals surface area contributed by atoms with Crippen LogP contribution in [0.15, 0.2) is 0 Å². The lowest BCUT2D eigenvalue weighted by Crippen LogP contribution is -2.48. The zero-order valence-electron chi connectivity index (χ0n) is 10.9. The molecule has 1 fully saturated rings. The van der Waals surface area contributed by atoms with Gasteiger partial charge in [-0.15, -0.1) is 0 Å². The minimum absolute atomic E-state index is 0.0473. The maximum atomic E-state index is 12.1. The van der Waals surface area contributed by atoms with Crippen molar-refractivity contribution < 1.29 is 22.8 Å². The number of halogens is 3. The lowest BCUT2D eigenvalue weighted by Gasteiger charge is -2.30. The van der Waals surface area contributed by atoms with Crippen LogP contribution < -0.4 is 10.6 Å². The fraction of sp³-hybridized carbons (Fsp3) is 0.818. The topological polar surface area (TPSA) is 61.4 Å². The highest BCUT2D eigenvalue weighted by molar-refractivity contribution is 5.81. The fourth-order valence-electron chi connectivity index (χ4n) is 1.95. The lowest BCUT2D eigenvalue weighted by molar-refractivity contribution is -0.174. The summed E-state index contributed by atoms with van der Waals surface area (Å²) in [5.41, 5.74) is 0. The van der Waals surface area contributed by atoms with E-state index in [0.717, 1.165) is 0 Å². The largest absolute Gasteiger partial charge is 0.471 e. The van der Waals surface area contributed by atoms with E-state index >= 15 is 0 Å². The molecular weight excluding hydrogens is 263 g/mol. The minimum atomic E-state index is -4.84. The van der Waals surface area contributed by atoms with Crippen molar-refractivity contribution >= 4 is 11.9 Å². The Labute approximate surface area is 109 Å². The predicted octanol–water partition coefficient (Wildman–Crippen LogP) is 1.25. The highest BCUT2D eigenvalue weighted by Gasteiger charge is 2.40. The standard InChI is InChI=1S/C11H18F3N3O2/c1-17(2)10(19)16-8-5-3-7(4-6-8)15-9(18)11(12,13)14/h7-8H,3-6H2,1-2H3,(H,15,18)(H,16,19). The molecule has 0 aromatic rings. The SMILES string of the molecule is CN(C)C(=O)NC1CCC(NC(=O)C(F)(F)F)CC1. The summed E-state index contributed by atoms with van der Waals surface area (Å²) < 4.78 is 36.2. The van der Waals surface area contributed by atoms with Crippen LogP contribution in [0.4, 0.5) is 18.0 Å². The number of hydrogen-bond acceptors (Lipinski definition) is 2. The van der Waals surface area contributed by atoms with E-state index in [1.54, 1.807) is 14.1 Å². The molecule has 0 radical (unpaired) electrons. The predicted molar refractivity (Wildman–Crippen MR) is 62.5 cm³/mol. The second kappa shape index (κ2) is 6.12. The first-order chi connectivity index (χ1) is 8.70. The fourth-order valence-corrected chi connectivity index (χ4v) is 1.95. The smallest absolute Gasteiger partial charge is 0.346 e. The molecule has 1 aliphatic rings. The van der Waals surface area contributed by atoms with E-state index < -0.39 is 18.1 Å². The van der Waals surface area contributed by atoms with E-state index in [1.165, 1.54) is 4.90 Å². The van der Waals surface area contributed by atoms with Crippen LogP contribution in [0.25, 0.3) is 0 Å². The second-order valence-electron chi connectivity index (χ2n) is 4.86. The Balaban J connectivity index is 2.33. The first-order valence-corrected chi connectivity index (χ1v) is 6.05. The van der Waals surface area contributed by atoms with E-state index in [0.29, 0.717) is 25.7 Å². The molecule has 0 atom stereocenters. The third-order valence-corrected chi connectivity index (χ3v) is 3.05. The Morgan fingerprint density at radius 1 is 1.00 bits per heavy atom. The maximum Gasteiger partial charge on any atom is 0.471 e. The molecule has 1 saturated carbocycles. The Hall–Kier alpha value is -1.47. The van der Waals surface area contributed by atoms with Gasteiger partial charge in [0.2, 0.25) is 0 Å². The number of carbonyl (C=O) groups excluding carboxylic acids is 2. The summed E-state index contributed by atoms with van der Waals surface area (Å²) in [6, 6.07) is -0.738. The Kier molecular flexibility index (Phi) is 5.02. The van der Waals surface area contributed by atoms with Gasteiger partial charge < -0.3 is 15.5 Å². The number of hydrogen-bond donors (Lipinski definition) is 2. The molecule has 0 aromatic carbocycles. The van der Waals surface area contributed by atoms with Crippen LogP contribution >= 0.6 is 0 Å². The number of amides is 3. The van der Waals surface area contributed by atoms with Gasteiger partial charge in [-0.3, -0.25) is 4.79 Å². The van der Waals surface area contributed by atoms with E-state index in [4.69, 9.17) is 0 Å². The number of carbonyl (C=O) groups is 2. The maximum absolute atomic E-state index is 12.1. The van der Waals surface area contributed by atoms with Crippen molar-refractivity contribution in [3.63, 3.8) is 0 Å². The van der Waals surface area contributed by atoms with Gasteiger partial charge in [-0.1, -0.05) is 0 Å². The van der Waals surface area contributed by atoms with Gasteiger partial charge in [0.05, 0.1) is 0 Å². The van der Waals surface area contributed by atoms with Gasteiger partial charge in [-0.05, 0) is 25.7 Å². The monoisotopic (exact) mass is 281 g/mol. The number of nitrogens with one attached hydrogen (secondary N) is 2. The van der Waals surface area contributed by atoms with Gasteiger partial charge in [0.25, 0.3) is 0 Å². The van der Waals surface area contributed by atoms with Crippen LogP contribution in [0, 0.1) is 0 Å². The highest BCUT2D eigenvalue weighted by atomic mass is 19.4. The van der Waals surface area contributed by atoms with Crippen molar-refractivity contribution in [1.82, 2.24) is 15.5 Å². The highest BCUT2D eigenvalue weighted by Crippen LogP contribution is 2.21. The molecule has 0 spiro atoms. The van der Waals surface area contributed by atoms with E-state index in [1.807, 2.05) is 5.32 Å². The van der Waals surface area contributed by atoms with Gasteiger partial charge in [0.15, 0.2) is 0 Å². The molecule has 1 aliphatic carbocycles. The molecule has 0 aliphatic heterocycles. The number of alkyl halides is 3. The molecule has 0 saturated heterocycles. The van der Waals surface area contributed by atoms with Crippen LogP contribution in [-0.2, 0) is 4.79 Å². The normalized spacial score (nSPS) is 23.6. The molecule has 110 valence electrons. The number of rotatable bonds is 2. The average molecular weight is 281 g/mol. The molecule has 3 amide bonds. The Morgan fingerprint density at radius 2 is 1.42 bits per heavy atom. The molecule has 0 aromatic heterocycles. The van der Waals surface area contributed by atoms with Crippen LogP contribution in [-0.4, -0.2) is 49.2 Å². The summed E-state index contributed by atoms with van der Waals surface area (Å²) in [5, 5.41) is 4.74. The molecule has 2 N–H and O–H groups in total. The van der Waals surface area contributed by atoms with Crippen LogP contribution in [0.5, 0.6) is 0 Å². The molecule has 19 heavy (non-hydrogen) atoms. The summed E-state index contributed by atoms with van der Waals surface area (Å²) in [5.74, 6) is -1.90. The molecule has 0 bridgehead atoms. The zero-order valence-corrected chi connectivity index (χ0v) is 10.9. The summed E-state index contributed by atoms with van der Waals surface area (Å²) in [4.78, 5) is 23.6. The van der Waals surface area contributed by atoms with E-state index in [-0.39, 0.29) is 12.1 Å². The van der Waals surface area contributed by atoms with E-state index in [9.17, 15) is 22.8 Å². The molecule has 5 nitrogen and oxygen atoms in total. The second-order valence-corrected chi connectivity index (χ2v) is 4.86. The van der Waals surface area contributed by atoms with E-state index in [2.05, 4.69) is 5.32 Å². The molecule has 1 rings (SSSR count). The summed E-state index contributed by atoms with van der Waals surface area (Å²) in [6.07, 6.45) is -2.86. The lowest BCUT2D eigenvalue weighted by atomic mass is 9.91. The van der Waals surface area contributed by atoms with Gasteiger partial charge in [0.1, 0.15) is 0 Å². The third kappa shape index (κ3) is 4.96. The van der Waals surface area contributed by atoms with Gasteiger partial charge in [0, 0.05) is 26.2 Å². The molecular formula is C11H18F3N3O2. The summed E-state index contributed by atoms with van der Waals surface area (Å²) in [7, 11) is 3.23. The van der Waals surface area contributed by atoms with Crippen LogP contribution in [0.2, 0.25) is 0 Å². The Morgan fingerprint density at radius 3 is 1.79 bits per heavy atom. The number of nitrogens with zero attached hydrogens (tertiary/aromatic N) is 1. The summed E-state index contributed by atoms with van der Waals surface area (Å²) >= 11 is 0. The first kappa shape index (κ1) is 15.6. The van der Waals surface area contributed by atoms with Crippen molar-refractivity contribution in [2.24, 2.45) is 0 Å². The van der Waals surface area contributed by atoms with Crippen LogP contribution in [0.1, 0.15) is 25.7 Å². The quantitative estimate of drug-likeness (QED) is 0.800. The summed E-state index contributed by atoms with van der Waals surface area (Å²) in [6.45, 7) is 0. The van der Waals surface area contributed by atoms with Crippen molar-refractivity contribution in [2.75, 3.05) is 14.1 Å². The van der Waals surface area contributed by atoms with Crippen molar-refractivity contribution in [3.05, 3.63) is 0 Å². The van der Waals surface area contributed by atoms with Gasteiger partial charge >= 0.3 is 18.1 Å². The third-order valence-electron chi connectivity index (χ3n) is 3.05.